The van der Waals surface area contributed by atoms with Gasteiger partial charge in [0, 0.05) is 6.42 Å². The van der Waals surface area contributed by atoms with Crippen LogP contribution in [0.1, 0.15) is 58.8 Å². The number of fused-ring (bicyclic) bond motifs is 5. The van der Waals surface area contributed by atoms with Gasteiger partial charge in [0.1, 0.15) is 0 Å². The molecular weight excluding hydrogens is 294 g/mol. The molecule has 0 bridgehead atoms. The Morgan fingerprint density at radius 1 is 1.33 bits per heavy atom. The molecule has 0 aromatic carbocycles. The van der Waals surface area contributed by atoms with Gasteiger partial charge in [0.2, 0.25) is 0 Å². The Hall–Kier alpha value is -1.36. The summed E-state index contributed by atoms with van der Waals surface area (Å²) in [4.78, 5) is 11.9. The van der Waals surface area contributed by atoms with E-state index >= 15 is 0 Å². The number of ketones is 1. The number of hydrogen-bond donors (Lipinski definition) is 0. The first kappa shape index (κ1) is 16.1. The zero-order valence-corrected chi connectivity index (χ0v) is 15.1. The summed E-state index contributed by atoms with van der Waals surface area (Å²) in [5, 5.41) is 9.64. The smallest absolute Gasteiger partial charge is 0.155 e. The third kappa shape index (κ3) is 2.17. The summed E-state index contributed by atoms with van der Waals surface area (Å²) < 4.78 is 0. The summed E-state index contributed by atoms with van der Waals surface area (Å²) in [5.74, 6) is 3.73. The quantitative estimate of drug-likeness (QED) is 0.632. The third-order valence-corrected chi connectivity index (χ3v) is 8.14. The number of carbonyl (C=O) groups is 1. The van der Waals surface area contributed by atoms with Gasteiger partial charge in [0.15, 0.2) is 5.78 Å². The van der Waals surface area contributed by atoms with E-state index in [-0.39, 0.29) is 11.3 Å². The van der Waals surface area contributed by atoms with E-state index in [1.807, 2.05) is 6.08 Å². The van der Waals surface area contributed by atoms with Crippen LogP contribution in [-0.4, -0.2) is 5.78 Å². The van der Waals surface area contributed by atoms with Crippen LogP contribution in [0.25, 0.3) is 0 Å². The summed E-state index contributed by atoms with van der Waals surface area (Å²) in [6.07, 6.45) is 9.52. The second kappa shape index (κ2) is 5.58. The fraction of sp³-hybridized carbons (Fsp3) is 0.727. The molecule has 0 amide bonds. The van der Waals surface area contributed by atoms with Crippen LogP contribution in [-0.2, 0) is 4.79 Å². The van der Waals surface area contributed by atoms with Gasteiger partial charge in [-0.3, -0.25) is 4.79 Å². The van der Waals surface area contributed by atoms with Crippen molar-refractivity contribution in [1.29, 1.82) is 5.26 Å². The highest BCUT2D eigenvalue weighted by atomic mass is 16.1. The van der Waals surface area contributed by atoms with E-state index in [1.165, 1.54) is 30.4 Å². The zero-order chi connectivity index (χ0) is 17.1. The van der Waals surface area contributed by atoms with Crippen LogP contribution >= 0.6 is 0 Å². The molecule has 7 atom stereocenters. The van der Waals surface area contributed by atoms with Gasteiger partial charge < -0.3 is 0 Å². The van der Waals surface area contributed by atoms with E-state index in [0.717, 1.165) is 25.7 Å². The highest BCUT2D eigenvalue weighted by Crippen LogP contribution is 2.65. The van der Waals surface area contributed by atoms with E-state index in [2.05, 4.69) is 26.5 Å². The molecular formula is C22H29NO. The minimum atomic E-state index is 0.204. The molecule has 24 heavy (non-hydrogen) atoms. The van der Waals surface area contributed by atoms with Crippen molar-refractivity contribution >= 4 is 5.78 Å². The Labute approximate surface area is 146 Å². The largest absolute Gasteiger partial charge is 0.295 e. The lowest BCUT2D eigenvalue weighted by atomic mass is 9.48. The van der Waals surface area contributed by atoms with Crippen LogP contribution in [0.5, 0.6) is 0 Å². The molecule has 4 aliphatic rings. The maximum atomic E-state index is 11.9. The predicted molar refractivity (Wildman–Crippen MR) is 94.9 cm³/mol. The van der Waals surface area contributed by atoms with Gasteiger partial charge in [-0.25, -0.2) is 0 Å². The van der Waals surface area contributed by atoms with Gasteiger partial charge in [-0.15, -0.1) is 0 Å². The molecule has 2 nitrogen and oxygen atoms in total. The second-order valence-electron chi connectivity index (χ2n) is 9.14. The summed E-state index contributed by atoms with van der Waals surface area (Å²) in [6, 6.07) is 2.63. The highest BCUT2D eigenvalue weighted by Gasteiger charge is 2.58. The van der Waals surface area contributed by atoms with Gasteiger partial charge in [-0.1, -0.05) is 24.6 Å². The molecule has 0 radical (unpaired) electrons. The fourth-order valence-electron chi connectivity index (χ4n) is 6.95. The number of carbonyl (C=O) groups excluding carboxylic acids is 1. The lowest BCUT2D eigenvalue weighted by molar-refractivity contribution is -0.116. The van der Waals surface area contributed by atoms with Crippen LogP contribution in [0.15, 0.2) is 23.8 Å². The van der Waals surface area contributed by atoms with Crippen molar-refractivity contribution in [1.82, 2.24) is 0 Å². The first-order valence-electron chi connectivity index (χ1n) is 9.74. The molecule has 3 fully saturated rings. The molecule has 0 saturated heterocycles. The molecule has 0 aromatic rings. The molecule has 3 saturated carbocycles. The van der Waals surface area contributed by atoms with Crippen LogP contribution in [0.4, 0.5) is 0 Å². The molecule has 0 aromatic heterocycles. The monoisotopic (exact) mass is 323 g/mol. The van der Waals surface area contributed by atoms with Crippen LogP contribution < -0.4 is 0 Å². The fourth-order valence-corrected chi connectivity index (χ4v) is 6.95. The minimum absolute atomic E-state index is 0.204. The first-order chi connectivity index (χ1) is 11.5. The summed E-state index contributed by atoms with van der Waals surface area (Å²) in [5.41, 5.74) is 2.90. The van der Waals surface area contributed by atoms with Crippen molar-refractivity contribution in [2.75, 3.05) is 0 Å². The van der Waals surface area contributed by atoms with Gasteiger partial charge in [-0.2, -0.15) is 5.26 Å². The first-order valence-corrected chi connectivity index (χ1v) is 9.74. The van der Waals surface area contributed by atoms with Crippen LogP contribution in [0, 0.1) is 52.3 Å². The maximum absolute atomic E-state index is 11.9. The zero-order valence-electron chi connectivity index (χ0n) is 15.1. The Balaban J connectivity index is 1.74. The predicted octanol–water partition coefficient (Wildman–Crippen LogP) is 5.07. The SMILES string of the molecule is C=C(C)[C@H]1CC2=CC(=O)CC[C@@H]2[C@H]2CC[C@]3(C)[C@@H](C#N)CC[C@H]3[C@@H]21. The van der Waals surface area contributed by atoms with E-state index in [0.29, 0.717) is 35.4 Å². The van der Waals surface area contributed by atoms with E-state index < -0.39 is 0 Å². The molecule has 0 spiro atoms. The van der Waals surface area contributed by atoms with Crippen molar-refractivity contribution < 1.29 is 4.79 Å². The number of allylic oxidation sites excluding steroid dienone is 2. The summed E-state index contributed by atoms with van der Waals surface area (Å²) >= 11 is 0. The van der Waals surface area contributed by atoms with Crippen LogP contribution in [0.2, 0.25) is 0 Å². The molecule has 0 aliphatic heterocycles. The van der Waals surface area contributed by atoms with Gasteiger partial charge in [0.05, 0.1) is 12.0 Å². The van der Waals surface area contributed by atoms with Crippen molar-refractivity contribution in [2.45, 2.75) is 58.8 Å². The number of hydrogen-bond acceptors (Lipinski definition) is 2. The highest BCUT2D eigenvalue weighted by molar-refractivity contribution is 5.91. The number of nitrogens with zero attached hydrogens (tertiary/aromatic N) is 1. The van der Waals surface area contributed by atoms with E-state index in [4.69, 9.17) is 0 Å². The Morgan fingerprint density at radius 3 is 2.83 bits per heavy atom. The second-order valence-corrected chi connectivity index (χ2v) is 9.14. The lowest BCUT2D eigenvalue weighted by Crippen LogP contribution is -2.50. The topological polar surface area (TPSA) is 40.9 Å². The molecule has 0 unspecified atom stereocenters. The van der Waals surface area contributed by atoms with Gasteiger partial charge >= 0.3 is 0 Å². The molecule has 128 valence electrons. The summed E-state index contributed by atoms with van der Waals surface area (Å²) in [7, 11) is 0. The molecule has 0 heterocycles. The number of rotatable bonds is 1. The van der Waals surface area contributed by atoms with Gasteiger partial charge in [-0.05, 0) is 86.5 Å². The average Bonchev–Trinajstić information content (AvgIpc) is 2.89. The van der Waals surface area contributed by atoms with Crippen molar-refractivity contribution in [2.24, 2.45) is 40.9 Å². The molecule has 2 heteroatoms. The minimum Gasteiger partial charge on any atom is -0.295 e. The van der Waals surface area contributed by atoms with Crippen molar-refractivity contribution in [3.8, 4) is 6.07 Å². The molecule has 4 rings (SSSR count). The van der Waals surface area contributed by atoms with Gasteiger partial charge in [0.25, 0.3) is 0 Å². The Kier molecular flexibility index (Phi) is 3.75. The lowest BCUT2D eigenvalue weighted by Gasteiger charge is -2.56. The molecule has 0 N–H and O–H groups in total. The van der Waals surface area contributed by atoms with Crippen molar-refractivity contribution in [3.05, 3.63) is 23.8 Å². The Morgan fingerprint density at radius 2 is 2.12 bits per heavy atom. The maximum Gasteiger partial charge on any atom is 0.155 e. The average molecular weight is 323 g/mol. The van der Waals surface area contributed by atoms with Crippen LogP contribution in [0.3, 0.4) is 0 Å². The van der Waals surface area contributed by atoms with E-state index in [9.17, 15) is 10.1 Å². The number of nitriles is 1. The summed E-state index contributed by atoms with van der Waals surface area (Å²) in [6.45, 7) is 8.89. The third-order valence-electron chi connectivity index (χ3n) is 8.14. The van der Waals surface area contributed by atoms with Crippen molar-refractivity contribution in [3.63, 3.8) is 0 Å². The standard InChI is InChI=1S/C22H29NO/c1-13(2)19-11-14-10-16(24)5-6-17(14)18-8-9-22(3)15(12-23)4-7-20(22)21(18)19/h10,15,17-21H,1,4-9,11H2,2-3H3/t15-,17+,18-,19-,20+,21+,22-/m1/s1. The van der Waals surface area contributed by atoms with E-state index in [1.54, 1.807) is 0 Å². The Bertz CT molecular complexity index is 653. The normalized spacial score (nSPS) is 47.0. The molecule has 4 aliphatic carbocycles.